The molecule has 0 spiro atoms. The molecule has 1 fully saturated rings. The Bertz CT molecular complexity index is 1620. The topological polar surface area (TPSA) is 183 Å². The summed E-state index contributed by atoms with van der Waals surface area (Å²) < 4.78 is 21.6. The Morgan fingerprint density at radius 2 is 1.43 bits per heavy atom. The average molecular weight is 736 g/mol. The second-order valence-corrected chi connectivity index (χ2v) is 15.1. The smallest absolute Gasteiger partial charge is 0.437 e. The number of hydrogen-bond donors (Lipinski definition) is 4. The number of carbonyl (C=O) groups is 5. The number of ether oxygens (including phenoxy) is 4. The van der Waals surface area contributed by atoms with Crippen molar-refractivity contribution in [3.63, 3.8) is 0 Å². The van der Waals surface area contributed by atoms with E-state index in [1.807, 2.05) is 36.4 Å². The predicted octanol–water partition coefficient (Wildman–Crippen LogP) is 5.93. The average Bonchev–Trinajstić information content (AvgIpc) is 3.41. The first-order chi connectivity index (χ1) is 25.0. The van der Waals surface area contributed by atoms with Crippen LogP contribution in [0.4, 0.5) is 14.4 Å². The molecule has 3 unspecified atom stereocenters. The molecule has 288 valence electrons. The van der Waals surface area contributed by atoms with Crippen LogP contribution >= 0.6 is 0 Å². The number of rotatable bonds is 8. The first-order valence-corrected chi connectivity index (χ1v) is 18.2. The highest BCUT2D eigenvalue weighted by atomic mass is 16.6. The Morgan fingerprint density at radius 1 is 0.830 bits per heavy atom. The number of benzene rings is 2. The van der Waals surface area contributed by atoms with Crippen molar-refractivity contribution < 1.29 is 42.9 Å². The van der Waals surface area contributed by atoms with E-state index in [1.54, 1.807) is 48.5 Å². The van der Waals surface area contributed by atoms with Crippen molar-refractivity contribution in [2.24, 2.45) is 10.9 Å². The molecule has 1 heterocycles. The predicted molar refractivity (Wildman–Crippen MR) is 198 cm³/mol. The number of carbonyl (C=O) groups excluding carboxylic acids is 5. The minimum Gasteiger partial charge on any atom is -0.464 e. The molecule has 4 amide bonds. The number of fused-ring (bicyclic) bond motifs is 3. The Morgan fingerprint density at radius 3 is 2.04 bits per heavy atom. The van der Waals surface area contributed by atoms with Gasteiger partial charge in [0.25, 0.3) is 0 Å². The van der Waals surface area contributed by atoms with Gasteiger partial charge in [0.15, 0.2) is 0 Å². The van der Waals surface area contributed by atoms with E-state index in [1.165, 1.54) is 0 Å². The van der Waals surface area contributed by atoms with E-state index < -0.39 is 59.4 Å². The molecule has 2 aromatic carbocycles. The summed E-state index contributed by atoms with van der Waals surface area (Å²) in [5.74, 6) is -1.87. The lowest BCUT2D eigenvalue weighted by molar-refractivity contribution is -0.149. The number of nitrogens with one attached hydrogen (secondary N) is 4. The second kappa shape index (κ2) is 18.1. The molecule has 0 saturated carbocycles. The summed E-state index contributed by atoms with van der Waals surface area (Å²) in [6, 6.07) is 14.1. The maximum Gasteiger partial charge on any atom is 0.437 e. The maximum absolute atomic E-state index is 13.6. The SMILES string of the molecule is CCOC(=O)C1NC(=O)C(NC(=O)OCC2c3ccccc3-c3ccccc32)CCCCC1CCNC(=NC(=O)OC(C)(C)C)NC(=O)OC(C)(C)C. The van der Waals surface area contributed by atoms with Crippen LogP contribution in [0.1, 0.15) is 97.6 Å². The van der Waals surface area contributed by atoms with Gasteiger partial charge < -0.3 is 34.9 Å². The van der Waals surface area contributed by atoms with Crippen LogP contribution in [0.2, 0.25) is 0 Å². The van der Waals surface area contributed by atoms with Crippen molar-refractivity contribution >= 4 is 36.1 Å². The molecule has 0 radical (unpaired) electrons. The molecule has 0 bridgehead atoms. The van der Waals surface area contributed by atoms with Crippen LogP contribution in [0.15, 0.2) is 53.5 Å². The molecule has 14 nitrogen and oxygen atoms in total. The van der Waals surface area contributed by atoms with Crippen molar-refractivity contribution in [3.8, 4) is 11.1 Å². The van der Waals surface area contributed by atoms with E-state index >= 15 is 0 Å². The maximum atomic E-state index is 13.6. The molecule has 53 heavy (non-hydrogen) atoms. The fourth-order valence-electron chi connectivity index (χ4n) is 6.40. The van der Waals surface area contributed by atoms with Crippen molar-refractivity contribution in [3.05, 3.63) is 59.7 Å². The third-order valence-corrected chi connectivity index (χ3v) is 8.60. The van der Waals surface area contributed by atoms with Crippen LogP contribution in [0.5, 0.6) is 0 Å². The molecular formula is C39H53N5O9. The lowest BCUT2D eigenvalue weighted by Gasteiger charge is -2.27. The zero-order valence-electron chi connectivity index (χ0n) is 31.7. The number of hydrogen-bond acceptors (Lipinski definition) is 9. The van der Waals surface area contributed by atoms with E-state index in [4.69, 9.17) is 18.9 Å². The molecule has 4 rings (SSSR count). The van der Waals surface area contributed by atoms with Gasteiger partial charge in [-0.2, -0.15) is 0 Å². The van der Waals surface area contributed by atoms with Crippen LogP contribution in [-0.2, 0) is 28.5 Å². The van der Waals surface area contributed by atoms with Crippen LogP contribution in [0, 0.1) is 5.92 Å². The fourth-order valence-corrected chi connectivity index (χ4v) is 6.40. The summed E-state index contributed by atoms with van der Waals surface area (Å²) in [6.07, 6.45) is -0.0532. The molecular weight excluding hydrogens is 682 g/mol. The van der Waals surface area contributed by atoms with Crippen LogP contribution in [0.25, 0.3) is 11.1 Å². The number of aliphatic imine (C=N–C) groups is 1. The Labute approximate surface area is 311 Å². The number of guanidine groups is 1. The Hall–Kier alpha value is -5.14. The van der Waals surface area contributed by atoms with Crippen LogP contribution in [0.3, 0.4) is 0 Å². The molecule has 0 aromatic heterocycles. The molecule has 4 N–H and O–H groups in total. The molecule has 2 aromatic rings. The highest BCUT2D eigenvalue weighted by Gasteiger charge is 2.35. The third kappa shape index (κ3) is 12.2. The van der Waals surface area contributed by atoms with Gasteiger partial charge in [-0.05, 0) is 95.9 Å². The van der Waals surface area contributed by atoms with Crippen LogP contribution < -0.4 is 21.3 Å². The van der Waals surface area contributed by atoms with Crippen molar-refractivity contribution in [1.29, 1.82) is 0 Å². The number of alkyl carbamates (subject to hydrolysis) is 2. The first-order valence-electron chi connectivity index (χ1n) is 18.2. The van der Waals surface area contributed by atoms with Crippen molar-refractivity contribution in [2.45, 2.75) is 110 Å². The summed E-state index contributed by atoms with van der Waals surface area (Å²) in [6.45, 7) is 12.2. The van der Waals surface area contributed by atoms with Gasteiger partial charge in [0, 0.05) is 12.5 Å². The standard InChI is InChI=1S/C39H53N5O9/c1-8-50-33(46)31-24(21-22-40-34(43-36(48)52-38(2,3)4)44-37(49)53-39(5,6)7)15-9-14-20-30(32(45)42-31)41-35(47)51-23-29-27-18-12-10-16-25(27)26-17-11-13-19-28(26)29/h10-13,16-19,24,29-31H,8-9,14-15,20-23H2,1-7H3,(H,41,47)(H,42,45)(H2,40,43,44,48,49). The summed E-state index contributed by atoms with van der Waals surface area (Å²) in [4.78, 5) is 68.9. The van der Waals surface area contributed by atoms with E-state index in [0.29, 0.717) is 32.1 Å². The van der Waals surface area contributed by atoms with Crippen molar-refractivity contribution in [2.75, 3.05) is 19.8 Å². The molecule has 1 aliphatic carbocycles. The van der Waals surface area contributed by atoms with E-state index in [9.17, 15) is 24.0 Å². The number of nitrogens with zero attached hydrogens (tertiary/aromatic N) is 1. The lowest BCUT2D eigenvalue weighted by Crippen LogP contribution is -2.54. The molecule has 14 heteroatoms. The van der Waals surface area contributed by atoms with Gasteiger partial charge in [-0.15, -0.1) is 4.99 Å². The normalized spacial score (nSPS) is 19.2. The van der Waals surface area contributed by atoms with E-state index in [-0.39, 0.29) is 31.6 Å². The Kier molecular flexibility index (Phi) is 13.8. The Balaban J connectivity index is 1.41. The van der Waals surface area contributed by atoms with Crippen LogP contribution in [-0.4, -0.2) is 79.2 Å². The summed E-state index contributed by atoms with van der Waals surface area (Å²) in [5, 5.41) is 10.9. The zero-order valence-corrected chi connectivity index (χ0v) is 31.7. The summed E-state index contributed by atoms with van der Waals surface area (Å²) in [7, 11) is 0. The highest BCUT2D eigenvalue weighted by molar-refractivity contribution is 5.99. The lowest BCUT2D eigenvalue weighted by atomic mass is 9.90. The van der Waals surface area contributed by atoms with Gasteiger partial charge in [0.1, 0.15) is 29.9 Å². The van der Waals surface area contributed by atoms with E-state index in [0.717, 1.165) is 22.3 Å². The molecule has 2 aliphatic rings. The quantitative estimate of drug-likeness (QED) is 0.110. The van der Waals surface area contributed by atoms with Gasteiger partial charge >= 0.3 is 24.2 Å². The largest absolute Gasteiger partial charge is 0.464 e. The molecule has 1 aliphatic heterocycles. The minimum absolute atomic E-state index is 0.0940. The minimum atomic E-state index is -1.03. The van der Waals surface area contributed by atoms with Gasteiger partial charge in [0.05, 0.1) is 6.61 Å². The van der Waals surface area contributed by atoms with E-state index in [2.05, 4.69) is 38.4 Å². The van der Waals surface area contributed by atoms with Crippen molar-refractivity contribution in [1.82, 2.24) is 21.3 Å². The highest BCUT2D eigenvalue weighted by Crippen LogP contribution is 2.44. The third-order valence-electron chi connectivity index (χ3n) is 8.60. The van der Waals surface area contributed by atoms with Gasteiger partial charge in [-0.3, -0.25) is 10.1 Å². The summed E-state index contributed by atoms with van der Waals surface area (Å²) in [5.41, 5.74) is 2.73. The number of esters is 1. The fraction of sp³-hybridized carbons (Fsp3) is 0.538. The van der Waals surface area contributed by atoms with Gasteiger partial charge in [0.2, 0.25) is 11.9 Å². The molecule has 1 saturated heterocycles. The molecule has 3 atom stereocenters. The zero-order chi connectivity index (χ0) is 38.8. The number of amides is 4. The summed E-state index contributed by atoms with van der Waals surface area (Å²) >= 11 is 0. The second-order valence-electron chi connectivity index (χ2n) is 15.1. The monoisotopic (exact) mass is 735 g/mol. The first kappa shape index (κ1) is 40.6. The van der Waals surface area contributed by atoms with Gasteiger partial charge in [-0.1, -0.05) is 61.4 Å². The van der Waals surface area contributed by atoms with Gasteiger partial charge in [-0.25, -0.2) is 19.2 Å².